The van der Waals surface area contributed by atoms with Crippen molar-refractivity contribution < 1.29 is 0 Å². The van der Waals surface area contributed by atoms with Gasteiger partial charge >= 0.3 is 0 Å². The van der Waals surface area contributed by atoms with Gasteiger partial charge in [-0.2, -0.15) is 0 Å². The summed E-state index contributed by atoms with van der Waals surface area (Å²) in [7, 11) is 6.12. The standard InChI is InChI=1S/C18H30N4S/c1-19-18(20-11-7-12-21(2)3)22-13-10-16(14-22)15-23-17-8-5-4-6-9-17/h4-6,8-9,16H,7,10-15H2,1-3H3,(H,19,20). The fourth-order valence-electron chi connectivity index (χ4n) is 2.82. The summed E-state index contributed by atoms with van der Waals surface area (Å²) in [6, 6.07) is 10.7. The van der Waals surface area contributed by atoms with E-state index in [0.29, 0.717) is 0 Å². The number of nitrogens with one attached hydrogen (secondary N) is 1. The molecule has 0 radical (unpaired) electrons. The van der Waals surface area contributed by atoms with Crippen molar-refractivity contribution in [2.24, 2.45) is 10.9 Å². The van der Waals surface area contributed by atoms with E-state index in [1.54, 1.807) is 0 Å². The van der Waals surface area contributed by atoms with Crippen molar-refractivity contribution in [3.63, 3.8) is 0 Å². The summed E-state index contributed by atoms with van der Waals surface area (Å²) in [6.45, 7) is 4.34. The minimum atomic E-state index is 0.750. The second-order valence-corrected chi connectivity index (χ2v) is 7.45. The number of rotatable bonds is 7. The first kappa shape index (κ1) is 18.1. The summed E-state index contributed by atoms with van der Waals surface area (Å²) in [5.41, 5.74) is 0. The fraction of sp³-hybridized carbons (Fsp3) is 0.611. The van der Waals surface area contributed by atoms with Crippen molar-refractivity contribution in [1.82, 2.24) is 15.1 Å². The quantitative estimate of drug-likeness (QED) is 0.359. The molecule has 1 heterocycles. The Bertz CT molecular complexity index is 475. The molecule has 1 N–H and O–H groups in total. The summed E-state index contributed by atoms with van der Waals surface area (Å²) in [4.78, 5) is 10.5. The maximum Gasteiger partial charge on any atom is 0.193 e. The molecule has 0 spiro atoms. The van der Waals surface area contributed by atoms with Crippen molar-refractivity contribution in [2.45, 2.75) is 17.7 Å². The first-order valence-electron chi connectivity index (χ1n) is 8.47. The Labute approximate surface area is 145 Å². The van der Waals surface area contributed by atoms with Crippen molar-refractivity contribution in [2.75, 3.05) is 53.1 Å². The van der Waals surface area contributed by atoms with Crippen LogP contribution in [0.25, 0.3) is 0 Å². The number of thioether (sulfide) groups is 1. The highest BCUT2D eigenvalue weighted by atomic mass is 32.2. The predicted molar refractivity (Wildman–Crippen MR) is 101 cm³/mol. The lowest BCUT2D eigenvalue weighted by Crippen LogP contribution is -2.41. The van der Waals surface area contributed by atoms with Crippen LogP contribution in [0.1, 0.15) is 12.8 Å². The lowest BCUT2D eigenvalue weighted by atomic mass is 10.2. The smallest absolute Gasteiger partial charge is 0.193 e. The predicted octanol–water partition coefficient (Wildman–Crippen LogP) is 2.63. The lowest BCUT2D eigenvalue weighted by Gasteiger charge is -2.22. The normalized spacial score (nSPS) is 18.7. The molecule has 1 saturated heterocycles. The van der Waals surface area contributed by atoms with Crippen LogP contribution in [0.4, 0.5) is 0 Å². The Morgan fingerprint density at radius 1 is 1.35 bits per heavy atom. The molecule has 1 unspecified atom stereocenters. The van der Waals surface area contributed by atoms with Crippen LogP contribution in [0, 0.1) is 5.92 Å². The molecule has 0 saturated carbocycles. The molecule has 0 aliphatic carbocycles. The van der Waals surface area contributed by atoms with Gasteiger partial charge in [0.1, 0.15) is 0 Å². The van der Waals surface area contributed by atoms with Crippen molar-refractivity contribution in [3.8, 4) is 0 Å². The van der Waals surface area contributed by atoms with Gasteiger partial charge in [0.25, 0.3) is 0 Å². The zero-order chi connectivity index (χ0) is 16.5. The van der Waals surface area contributed by atoms with E-state index in [0.717, 1.165) is 44.5 Å². The zero-order valence-corrected chi connectivity index (χ0v) is 15.5. The van der Waals surface area contributed by atoms with Crippen molar-refractivity contribution >= 4 is 17.7 Å². The minimum Gasteiger partial charge on any atom is -0.356 e. The van der Waals surface area contributed by atoms with Gasteiger partial charge in [0.05, 0.1) is 0 Å². The number of hydrogen-bond acceptors (Lipinski definition) is 3. The largest absolute Gasteiger partial charge is 0.356 e. The molecule has 0 bridgehead atoms. The highest BCUT2D eigenvalue weighted by Gasteiger charge is 2.24. The highest BCUT2D eigenvalue weighted by Crippen LogP contribution is 2.25. The number of guanidine groups is 1. The molecule has 1 aromatic carbocycles. The third-order valence-electron chi connectivity index (χ3n) is 4.09. The Morgan fingerprint density at radius 3 is 2.83 bits per heavy atom. The monoisotopic (exact) mass is 334 g/mol. The molecule has 2 rings (SSSR count). The van der Waals surface area contributed by atoms with E-state index in [9.17, 15) is 0 Å². The summed E-state index contributed by atoms with van der Waals surface area (Å²) in [5, 5.41) is 3.50. The molecular weight excluding hydrogens is 304 g/mol. The third-order valence-corrected chi connectivity index (χ3v) is 5.33. The maximum atomic E-state index is 4.45. The summed E-state index contributed by atoms with van der Waals surface area (Å²) >= 11 is 1.97. The van der Waals surface area contributed by atoms with Gasteiger partial charge in [-0.15, -0.1) is 11.8 Å². The van der Waals surface area contributed by atoms with E-state index in [4.69, 9.17) is 0 Å². The van der Waals surface area contributed by atoms with Gasteiger partial charge in [0, 0.05) is 37.3 Å². The molecule has 1 aliphatic heterocycles. The summed E-state index contributed by atoms with van der Waals surface area (Å²) in [5.74, 6) is 3.01. The average Bonchev–Trinajstić information content (AvgIpc) is 3.02. The first-order chi connectivity index (χ1) is 11.2. The van der Waals surface area contributed by atoms with Gasteiger partial charge in [-0.05, 0) is 51.5 Å². The average molecular weight is 335 g/mol. The number of likely N-dealkylation sites (tertiary alicyclic amines) is 1. The minimum absolute atomic E-state index is 0.750. The Morgan fingerprint density at radius 2 is 2.13 bits per heavy atom. The van der Waals surface area contributed by atoms with Crippen LogP contribution in [0.2, 0.25) is 0 Å². The van der Waals surface area contributed by atoms with Crippen LogP contribution in [0.5, 0.6) is 0 Å². The van der Waals surface area contributed by atoms with Gasteiger partial charge in [-0.1, -0.05) is 18.2 Å². The van der Waals surface area contributed by atoms with Gasteiger partial charge in [-0.3, -0.25) is 4.99 Å². The lowest BCUT2D eigenvalue weighted by molar-refractivity contribution is 0.396. The molecular formula is C18H30N4S. The number of aliphatic imine (C=N–C) groups is 1. The highest BCUT2D eigenvalue weighted by molar-refractivity contribution is 7.99. The van der Waals surface area contributed by atoms with Crippen LogP contribution in [0.15, 0.2) is 40.2 Å². The first-order valence-corrected chi connectivity index (χ1v) is 9.45. The van der Waals surface area contributed by atoms with Crippen LogP contribution in [-0.2, 0) is 0 Å². The summed E-state index contributed by atoms with van der Waals surface area (Å²) in [6.07, 6.45) is 2.41. The Hall–Kier alpha value is -1.20. The van der Waals surface area contributed by atoms with E-state index < -0.39 is 0 Å². The van der Waals surface area contributed by atoms with Gasteiger partial charge in [0.2, 0.25) is 0 Å². The van der Waals surface area contributed by atoms with Gasteiger partial charge in [-0.25, -0.2) is 0 Å². The van der Waals surface area contributed by atoms with E-state index >= 15 is 0 Å². The van der Waals surface area contributed by atoms with Crippen molar-refractivity contribution in [1.29, 1.82) is 0 Å². The van der Waals surface area contributed by atoms with Crippen LogP contribution < -0.4 is 5.32 Å². The number of hydrogen-bond donors (Lipinski definition) is 1. The molecule has 1 aromatic rings. The molecule has 128 valence electrons. The second kappa shape index (κ2) is 9.83. The topological polar surface area (TPSA) is 30.9 Å². The number of benzene rings is 1. The van der Waals surface area contributed by atoms with Crippen LogP contribution in [0.3, 0.4) is 0 Å². The van der Waals surface area contributed by atoms with Crippen molar-refractivity contribution in [3.05, 3.63) is 30.3 Å². The molecule has 0 aromatic heterocycles. The van der Waals surface area contributed by atoms with Gasteiger partial charge in [0.15, 0.2) is 5.96 Å². The molecule has 5 heteroatoms. The second-order valence-electron chi connectivity index (χ2n) is 6.36. The molecule has 1 aliphatic rings. The Kier molecular flexibility index (Phi) is 7.76. The maximum absolute atomic E-state index is 4.45. The van der Waals surface area contributed by atoms with E-state index in [2.05, 4.69) is 64.5 Å². The van der Waals surface area contributed by atoms with E-state index in [1.165, 1.54) is 17.1 Å². The SMILES string of the molecule is CN=C(NCCCN(C)C)N1CCC(CSc2ccccc2)C1. The molecule has 23 heavy (non-hydrogen) atoms. The molecule has 0 amide bonds. The molecule has 1 fully saturated rings. The van der Waals surface area contributed by atoms with Crippen LogP contribution >= 0.6 is 11.8 Å². The van der Waals surface area contributed by atoms with E-state index in [-0.39, 0.29) is 0 Å². The van der Waals surface area contributed by atoms with E-state index in [1.807, 2.05) is 18.8 Å². The van der Waals surface area contributed by atoms with Gasteiger partial charge < -0.3 is 15.1 Å². The third kappa shape index (κ3) is 6.43. The number of nitrogens with zero attached hydrogens (tertiary/aromatic N) is 3. The van der Waals surface area contributed by atoms with Crippen LogP contribution in [-0.4, -0.2) is 68.8 Å². The molecule has 4 nitrogen and oxygen atoms in total. The zero-order valence-electron chi connectivity index (χ0n) is 14.7. The fourth-order valence-corrected chi connectivity index (χ4v) is 3.87. The summed E-state index contributed by atoms with van der Waals surface area (Å²) < 4.78 is 0. The molecule has 1 atom stereocenters. The Balaban J connectivity index is 1.70.